The molecule has 1 aliphatic rings. The van der Waals surface area contributed by atoms with Crippen LogP contribution in [0.25, 0.3) is 22.2 Å². The first-order valence-electron chi connectivity index (χ1n) is 13.0. The molecule has 0 aliphatic carbocycles. The average molecular weight is 517 g/mol. The van der Waals surface area contributed by atoms with Crippen molar-refractivity contribution in [1.82, 2.24) is 9.55 Å². The van der Waals surface area contributed by atoms with Gasteiger partial charge in [-0.2, -0.15) is 0 Å². The number of carboxylic acids is 1. The number of aryl methyl sites for hydroxylation is 2. The molecule has 0 saturated heterocycles. The highest BCUT2D eigenvalue weighted by Crippen LogP contribution is 2.42. The van der Waals surface area contributed by atoms with Gasteiger partial charge in [-0.15, -0.1) is 0 Å². The minimum absolute atomic E-state index is 0.114. The number of fused-ring (bicyclic) bond motifs is 2. The van der Waals surface area contributed by atoms with Crippen LogP contribution in [0.3, 0.4) is 0 Å². The number of aliphatic carboxylic acids is 1. The van der Waals surface area contributed by atoms with Crippen LogP contribution >= 0.6 is 0 Å². The molecule has 2 aromatic heterocycles. The molecule has 1 N–H and O–H groups in total. The van der Waals surface area contributed by atoms with E-state index in [1.165, 1.54) is 12.1 Å². The van der Waals surface area contributed by atoms with Crippen molar-refractivity contribution in [3.05, 3.63) is 82.9 Å². The van der Waals surface area contributed by atoms with Crippen molar-refractivity contribution < 1.29 is 23.8 Å². The topological polar surface area (TPSA) is 73.6 Å². The van der Waals surface area contributed by atoms with Crippen molar-refractivity contribution in [2.45, 2.75) is 65.2 Å². The van der Waals surface area contributed by atoms with E-state index < -0.39 is 17.7 Å². The van der Waals surface area contributed by atoms with Crippen molar-refractivity contribution in [1.29, 1.82) is 0 Å². The molecule has 5 rings (SSSR count). The van der Waals surface area contributed by atoms with Crippen LogP contribution in [-0.4, -0.2) is 32.8 Å². The number of rotatable bonds is 6. The molecule has 0 saturated carbocycles. The molecule has 6 nitrogen and oxygen atoms in total. The van der Waals surface area contributed by atoms with Gasteiger partial charge in [0.15, 0.2) is 6.10 Å². The van der Waals surface area contributed by atoms with E-state index in [0.717, 1.165) is 51.9 Å². The van der Waals surface area contributed by atoms with Crippen LogP contribution < -0.4 is 4.74 Å². The minimum atomic E-state index is -1.20. The van der Waals surface area contributed by atoms with Gasteiger partial charge in [0, 0.05) is 28.4 Å². The Kier molecular flexibility index (Phi) is 6.73. The van der Waals surface area contributed by atoms with Gasteiger partial charge in [-0.1, -0.05) is 18.2 Å². The Labute approximate surface area is 222 Å². The number of carboxylic acid groups (broad SMARTS) is 1. The zero-order chi connectivity index (χ0) is 27.2. The number of hydrogen-bond acceptors (Lipinski definition) is 4. The third-order valence-corrected chi connectivity index (χ3v) is 7.01. The standard InChI is InChI=1S/C31H33FN2O4/c1-18-26(28(30(35)36)38-31(3,4)5)27(22-10-13-25-21(17-22)7-6-16-37-25)24-14-15-34(29(24)33-18)19(2)20-8-11-23(32)12-9-20/h8-15,17,19,28H,6-7,16H2,1-5H3,(H,35,36)/t19-,28+/m0/s1. The largest absolute Gasteiger partial charge is 0.493 e. The maximum Gasteiger partial charge on any atom is 0.337 e. The Bertz CT molecular complexity index is 1500. The smallest absolute Gasteiger partial charge is 0.337 e. The summed E-state index contributed by atoms with van der Waals surface area (Å²) >= 11 is 0. The first-order valence-corrected chi connectivity index (χ1v) is 13.0. The summed E-state index contributed by atoms with van der Waals surface area (Å²) in [5.74, 6) is -0.480. The maximum absolute atomic E-state index is 13.6. The van der Waals surface area contributed by atoms with Gasteiger partial charge < -0.3 is 19.1 Å². The van der Waals surface area contributed by atoms with E-state index in [2.05, 4.69) is 6.07 Å². The monoisotopic (exact) mass is 516 g/mol. The number of nitrogens with zero attached hydrogens (tertiary/aromatic N) is 2. The molecular formula is C31H33FN2O4. The van der Waals surface area contributed by atoms with Crippen LogP contribution in [0.1, 0.15) is 68.6 Å². The molecule has 0 bridgehead atoms. The predicted octanol–water partition coefficient (Wildman–Crippen LogP) is 7.03. The molecule has 0 fully saturated rings. The molecule has 0 unspecified atom stereocenters. The third-order valence-electron chi connectivity index (χ3n) is 7.01. The van der Waals surface area contributed by atoms with Crippen LogP contribution in [-0.2, 0) is 16.0 Å². The van der Waals surface area contributed by atoms with Crippen LogP contribution in [0.4, 0.5) is 4.39 Å². The number of hydrogen-bond donors (Lipinski definition) is 1. The Morgan fingerprint density at radius 3 is 2.58 bits per heavy atom. The SMILES string of the molecule is Cc1nc2c(ccn2[C@@H](C)c2ccc(F)cc2)c(-c2ccc3c(c2)CCCO3)c1[C@@H](OC(C)(C)C)C(=O)O. The van der Waals surface area contributed by atoms with Gasteiger partial charge in [-0.3, -0.25) is 0 Å². The maximum atomic E-state index is 13.6. The molecule has 0 amide bonds. The summed E-state index contributed by atoms with van der Waals surface area (Å²) in [6.45, 7) is 10.1. The molecule has 2 aromatic carbocycles. The van der Waals surface area contributed by atoms with Gasteiger partial charge >= 0.3 is 5.97 Å². The summed E-state index contributed by atoms with van der Waals surface area (Å²) < 4.78 is 27.6. The fraction of sp³-hybridized carbons (Fsp3) is 0.355. The van der Waals surface area contributed by atoms with Crippen molar-refractivity contribution in [2.75, 3.05) is 6.61 Å². The number of halogens is 1. The van der Waals surface area contributed by atoms with E-state index in [-0.39, 0.29) is 11.9 Å². The summed E-state index contributed by atoms with van der Waals surface area (Å²) in [6, 6.07) is 14.4. The van der Waals surface area contributed by atoms with Gasteiger partial charge in [-0.05, 0) is 94.5 Å². The van der Waals surface area contributed by atoms with Crippen molar-refractivity contribution >= 4 is 17.0 Å². The van der Waals surface area contributed by atoms with E-state index in [9.17, 15) is 14.3 Å². The molecule has 7 heteroatoms. The normalized spacial score (nSPS) is 15.1. The Balaban J connectivity index is 1.76. The predicted molar refractivity (Wildman–Crippen MR) is 145 cm³/mol. The highest BCUT2D eigenvalue weighted by atomic mass is 19.1. The van der Waals surface area contributed by atoms with E-state index in [4.69, 9.17) is 14.5 Å². The highest BCUT2D eigenvalue weighted by molar-refractivity contribution is 5.98. The summed E-state index contributed by atoms with van der Waals surface area (Å²) in [6.07, 6.45) is 2.59. The molecule has 0 spiro atoms. The second kappa shape index (κ2) is 9.87. The number of ether oxygens (including phenoxy) is 2. The Morgan fingerprint density at radius 2 is 1.89 bits per heavy atom. The number of pyridine rings is 1. The van der Waals surface area contributed by atoms with E-state index in [1.54, 1.807) is 12.1 Å². The van der Waals surface area contributed by atoms with E-state index >= 15 is 0 Å². The second-order valence-electron chi connectivity index (χ2n) is 10.9. The summed E-state index contributed by atoms with van der Waals surface area (Å²) in [5, 5.41) is 11.1. The van der Waals surface area contributed by atoms with Crippen LogP contribution in [0, 0.1) is 12.7 Å². The fourth-order valence-corrected chi connectivity index (χ4v) is 5.25. The summed E-state index contributed by atoms with van der Waals surface area (Å²) in [5.41, 5.74) is 4.91. The third kappa shape index (κ3) is 4.90. The molecule has 38 heavy (non-hydrogen) atoms. The molecule has 3 heterocycles. The van der Waals surface area contributed by atoms with Gasteiger partial charge in [0.1, 0.15) is 17.2 Å². The lowest BCUT2D eigenvalue weighted by Gasteiger charge is -2.28. The number of aromatic nitrogens is 2. The fourth-order valence-electron chi connectivity index (χ4n) is 5.25. The molecule has 1 aliphatic heterocycles. The number of benzene rings is 2. The van der Waals surface area contributed by atoms with Crippen LogP contribution in [0.15, 0.2) is 54.7 Å². The van der Waals surface area contributed by atoms with Crippen LogP contribution in [0.5, 0.6) is 5.75 Å². The number of carbonyl (C=O) groups is 1. The molecule has 0 radical (unpaired) electrons. The lowest BCUT2D eigenvalue weighted by molar-refractivity contribution is -0.160. The van der Waals surface area contributed by atoms with Crippen molar-refractivity contribution in [3.63, 3.8) is 0 Å². The first-order chi connectivity index (χ1) is 18.0. The van der Waals surface area contributed by atoms with E-state index in [0.29, 0.717) is 17.9 Å². The second-order valence-corrected chi connectivity index (χ2v) is 10.9. The quantitative estimate of drug-likeness (QED) is 0.298. The minimum Gasteiger partial charge on any atom is -0.493 e. The van der Waals surface area contributed by atoms with E-state index in [1.807, 2.05) is 63.6 Å². The lowest BCUT2D eigenvalue weighted by atomic mass is 9.90. The average Bonchev–Trinajstić information content (AvgIpc) is 3.29. The molecule has 2 atom stereocenters. The Hall–Kier alpha value is -3.71. The van der Waals surface area contributed by atoms with Gasteiger partial charge in [0.2, 0.25) is 0 Å². The van der Waals surface area contributed by atoms with Crippen molar-refractivity contribution in [3.8, 4) is 16.9 Å². The molecule has 198 valence electrons. The highest BCUT2D eigenvalue weighted by Gasteiger charge is 2.33. The molecule has 4 aromatic rings. The Morgan fingerprint density at radius 1 is 1.16 bits per heavy atom. The zero-order valence-electron chi connectivity index (χ0n) is 22.4. The van der Waals surface area contributed by atoms with Gasteiger partial charge in [-0.25, -0.2) is 14.2 Å². The zero-order valence-corrected chi connectivity index (χ0v) is 22.4. The van der Waals surface area contributed by atoms with Crippen LogP contribution in [0.2, 0.25) is 0 Å². The summed E-state index contributed by atoms with van der Waals surface area (Å²) in [4.78, 5) is 17.5. The molecular weight excluding hydrogens is 483 g/mol. The first kappa shape index (κ1) is 25.9. The van der Waals surface area contributed by atoms with Gasteiger partial charge in [0.25, 0.3) is 0 Å². The van der Waals surface area contributed by atoms with Gasteiger partial charge in [0.05, 0.1) is 18.2 Å². The lowest BCUT2D eigenvalue weighted by Crippen LogP contribution is -2.28. The summed E-state index contributed by atoms with van der Waals surface area (Å²) in [7, 11) is 0. The van der Waals surface area contributed by atoms with Crippen molar-refractivity contribution in [2.24, 2.45) is 0 Å².